The Balaban J connectivity index is 4.13. The van der Waals surface area contributed by atoms with Crippen molar-refractivity contribution in [3.05, 3.63) is 0 Å². The fourth-order valence-corrected chi connectivity index (χ4v) is 0.695. The summed E-state index contributed by atoms with van der Waals surface area (Å²) < 4.78 is 0. The van der Waals surface area contributed by atoms with Crippen molar-refractivity contribution in [2.24, 2.45) is 0 Å². The van der Waals surface area contributed by atoms with Gasteiger partial charge in [-0.05, 0) is 15.5 Å². The predicted molar refractivity (Wildman–Crippen MR) is 58.5 cm³/mol. The van der Waals surface area contributed by atoms with Gasteiger partial charge in [0.2, 0.25) is 0 Å². The minimum atomic E-state index is -0.808. The Labute approximate surface area is 75.8 Å². The van der Waals surface area contributed by atoms with Gasteiger partial charge in [0.05, 0.1) is 12.7 Å². The van der Waals surface area contributed by atoms with Crippen LogP contribution in [-0.2, 0) is 4.79 Å². The molecule has 0 N–H and O–H groups in total. The van der Waals surface area contributed by atoms with Gasteiger partial charge in [-0.3, -0.25) is 6.39 Å². The van der Waals surface area contributed by atoms with E-state index in [0.29, 0.717) is 6.19 Å². The molecule has 0 aromatic heterocycles. The Morgan fingerprint density at radius 2 is 1.82 bits per heavy atom. The van der Waals surface area contributed by atoms with Gasteiger partial charge in [0, 0.05) is 0 Å². The molecule has 0 bridgehead atoms. The maximum atomic E-state index is 10.3. The third-order valence-electron chi connectivity index (χ3n) is 1.49. The lowest BCUT2D eigenvalue weighted by molar-refractivity contribution is 0.568. The topological polar surface area (TPSA) is 17.1 Å². The van der Waals surface area contributed by atoms with Crippen LogP contribution < -0.4 is 0 Å². The van der Waals surface area contributed by atoms with Crippen LogP contribution in [0.25, 0.3) is 0 Å². The van der Waals surface area contributed by atoms with Gasteiger partial charge in [-0.1, -0.05) is 0 Å². The molecule has 11 heavy (non-hydrogen) atoms. The summed E-state index contributed by atoms with van der Waals surface area (Å²) in [4.78, 5) is 10.3. The van der Waals surface area contributed by atoms with E-state index in [1.165, 1.54) is 0 Å². The second-order valence-electron chi connectivity index (χ2n) is 2.45. The molecular weight excluding hydrogens is 125 g/mol. The van der Waals surface area contributed by atoms with Crippen LogP contribution in [0.4, 0.5) is 0 Å². The van der Waals surface area contributed by atoms with E-state index in [4.69, 9.17) is 38.7 Å². The number of hydrogen-bond donors (Lipinski definition) is 0. The zero-order valence-corrected chi connectivity index (χ0v) is 6.18. The van der Waals surface area contributed by atoms with Gasteiger partial charge in [0.25, 0.3) is 0 Å². The second kappa shape index (κ2) is 5.00. The maximum Gasteiger partial charge on any atom is 0.0548 e. The molecule has 0 saturated heterocycles. The van der Waals surface area contributed by atoms with Crippen molar-refractivity contribution in [2.75, 3.05) is 0 Å². The van der Waals surface area contributed by atoms with Gasteiger partial charge in [-0.15, -0.1) is 0 Å². The van der Waals surface area contributed by atoms with Crippen LogP contribution in [-0.4, -0.2) is 70.5 Å². The SMILES string of the molecule is [B]B([B-])B(C=O)B([B])[B-]([B])[B]. The molecule has 0 amide bonds. The molecule has 0 aliphatic rings. The molecule has 0 heterocycles. The van der Waals surface area contributed by atoms with Crippen LogP contribution in [0, 0.1) is 0 Å². The van der Waals surface area contributed by atoms with Crippen molar-refractivity contribution in [2.45, 2.75) is 0 Å². The summed E-state index contributed by atoms with van der Waals surface area (Å²) in [5.41, 5.74) is 0. The van der Waals surface area contributed by atoms with E-state index in [9.17, 15) is 4.79 Å². The average Bonchev–Trinajstić information content (AvgIpc) is 1.88. The Bertz CT molecular complexity index is 121. The van der Waals surface area contributed by atoms with Crippen LogP contribution in [0.2, 0.25) is 0 Å². The van der Waals surface area contributed by atoms with Crippen molar-refractivity contribution < 1.29 is 4.79 Å². The molecule has 0 aromatic rings. The van der Waals surface area contributed by atoms with E-state index >= 15 is 0 Å². The molecule has 0 saturated carbocycles. The van der Waals surface area contributed by atoms with Gasteiger partial charge in [-0.25, -0.2) is 21.9 Å². The zero-order chi connectivity index (χ0) is 9.02. The van der Waals surface area contributed by atoms with E-state index in [0.717, 1.165) is 0 Å². The molecule has 40 valence electrons. The van der Waals surface area contributed by atoms with Crippen molar-refractivity contribution >= 4 is 70.5 Å². The summed E-state index contributed by atoms with van der Waals surface area (Å²) in [5, 5.41) is 0. The predicted octanol–water partition coefficient (Wildman–Crippen LogP) is -3.70. The van der Waals surface area contributed by atoms with Crippen molar-refractivity contribution in [1.29, 1.82) is 0 Å². The monoisotopic (exact) mass is 128 g/mol. The maximum absolute atomic E-state index is 10.3. The quantitative estimate of drug-likeness (QED) is 0.280. The highest BCUT2D eigenvalue weighted by molar-refractivity contribution is 7.95. The van der Waals surface area contributed by atoms with Crippen LogP contribution in [0.3, 0.4) is 0 Å². The van der Waals surface area contributed by atoms with Crippen LogP contribution in [0.1, 0.15) is 0 Å². The van der Waals surface area contributed by atoms with Crippen molar-refractivity contribution in [3.8, 4) is 0 Å². The summed E-state index contributed by atoms with van der Waals surface area (Å²) in [5.74, 6) is 0. The smallest absolute Gasteiger partial charge is 0.0548 e. The van der Waals surface area contributed by atoms with E-state index < -0.39 is 25.6 Å². The Morgan fingerprint density at radius 1 is 1.36 bits per heavy atom. The minimum absolute atomic E-state index is 0.571. The molecule has 12 radical (unpaired) electrons. The number of hydrogen-bond acceptors (Lipinski definition) is 1. The highest BCUT2D eigenvalue weighted by Gasteiger charge is 2.12. The van der Waals surface area contributed by atoms with Gasteiger partial charge >= 0.3 is 0 Å². The third-order valence-corrected chi connectivity index (χ3v) is 1.49. The van der Waals surface area contributed by atoms with Crippen molar-refractivity contribution in [3.63, 3.8) is 0 Å². The summed E-state index contributed by atoms with van der Waals surface area (Å²) in [6, 6.07) is 0. The van der Waals surface area contributed by atoms with Gasteiger partial charge < -0.3 is 12.5 Å². The normalized spacial score (nSPS) is 9.27. The second-order valence-corrected chi connectivity index (χ2v) is 2.45. The zero-order valence-electron chi connectivity index (χ0n) is 6.18. The van der Waals surface area contributed by atoms with Gasteiger partial charge in [-0.2, -0.15) is 6.39 Å². The highest BCUT2D eigenvalue weighted by atomic mass is 16.1. The first kappa shape index (κ1) is 11.3. The average molecular weight is 126 g/mol. The lowest BCUT2D eigenvalue weighted by Crippen LogP contribution is -2.60. The summed E-state index contributed by atoms with van der Waals surface area (Å²) in [6.45, 7) is -0.685. The summed E-state index contributed by atoms with van der Waals surface area (Å²) >= 11 is 0. The lowest BCUT2D eigenvalue weighted by Gasteiger charge is -2.37. The minimum Gasteiger partial charge on any atom is -0.686 e. The van der Waals surface area contributed by atoms with E-state index in [2.05, 4.69) is 0 Å². The Hall–Kier alpha value is 0.254. The molecule has 0 unspecified atom stereocenters. The number of rotatable bonds is 4. The Kier molecular flexibility index (Phi) is 5.11. The molecule has 0 aromatic carbocycles. The molecular formula is CHB9O-2. The molecule has 0 spiro atoms. The molecule has 0 aliphatic heterocycles. The third kappa shape index (κ3) is 3.44. The van der Waals surface area contributed by atoms with Crippen LogP contribution >= 0.6 is 0 Å². The van der Waals surface area contributed by atoms with E-state index in [1.807, 2.05) is 0 Å². The molecule has 10 heteroatoms. The molecule has 0 atom stereocenters. The first-order chi connectivity index (χ1) is 5.00. The highest BCUT2D eigenvalue weighted by Crippen LogP contribution is 1.86. The summed E-state index contributed by atoms with van der Waals surface area (Å²) in [6.07, 6.45) is -1.70. The fraction of sp³-hybridized carbons (Fsp3) is 0. The first-order valence-electron chi connectivity index (χ1n) is 3.24. The van der Waals surface area contributed by atoms with Crippen LogP contribution in [0.5, 0.6) is 0 Å². The lowest BCUT2D eigenvalue weighted by atomic mass is 8.64. The molecule has 0 aliphatic carbocycles. The largest absolute Gasteiger partial charge is 0.686 e. The first-order valence-corrected chi connectivity index (χ1v) is 3.24. The Morgan fingerprint density at radius 3 is 1.91 bits per heavy atom. The van der Waals surface area contributed by atoms with E-state index in [-0.39, 0.29) is 0 Å². The standard InChI is InChI=1S/CHB9O/c2-8(3)7(1-11)10(6)9(4)5/h1H/q-2. The molecule has 0 fully saturated rings. The number of carbonyl (C=O) groups excluding carboxylic acids is 1. The fourth-order valence-electron chi connectivity index (χ4n) is 0.695. The van der Waals surface area contributed by atoms with Gasteiger partial charge in [0.1, 0.15) is 0 Å². The van der Waals surface area contributed by atoms with E-state index in [1.54, 1.807) is 0 Å². The molecule has 0 rings (SSSR count). The van der Waals surface area contributed by atoms with Crippen LogP contribution in [0.15, 0.2) is 0 Å². The van der Waals surface area contributed by atoms with Gasteiger partial charge in [0.15, 0.2) is 0 Å². The molecule has 1 nitrogen and oxygen atoms in total. The van der Waals surface area contributed by atoms with Crippen molar-refractivity contribution in [1.82, 2.24) is 0 Å². The summed E-state index contributed by atoms with van der Waals surface area (Å²) in [7, 11) is 26.4. The number of carbonyl (C=O) groups is 1.